The number of para-hydroxylation sites is 2. The summed E-state index contributed by atoms with van der Waals surface area (Å²) in [6, 6.07) is 76.5. The Balaban J connectivity index is 0.890. The Morgan fingerprint density at radius 2 is 1.15 bits per heavy atom. The van der Waals surface area contributed by atoms with Crippen molar-refractivity contribution in [3.63, 3.8) is 0 Å². The highest BCUT2D eigenvalue weighted by Crippen LogP contribution is 2.71. The van der Waals surface area contributed by atoms with Gasteiger partial charge in [-0.2, -0.15) is 0 Å². The highest BCUT2D eigenvalue weighted by atomic mass is 16.3. The number of rotatable bonds is 5. The van der Waals surface area contributed by atoms with Gasteiger partial charge in [-0.05, 0) is 128 Å². The number of fused-ring (bicyclic) bond motifs is 10. The quantitative estimate of drug-likeness (QED) is 0.172. The highest BCUT2D eigenvalue weighted by Gasteiger charge is 2.60. The lowest BCUT2D eigenvalue weighted by atomic mass is 9.82. The molecule has 0 N–H and O–H groups in total. The Bertz CT molecular complexity index is 3880. The molecule has 3 aliphatic carbocycles. The van der Waals surface area contributed by atoms with Gasteiger partial charge in [-0.3, -0.25) is 0 Å². The Morgan fingerprint density at radius 1 is 0.446 bits per heavy atom. The van der Waals surface area contributed by atoms with Crippen molar-refractivity contribution in [3.05, 3.63) is 234 Å². The fourth-order valence-electron chi connectivity index (χ4n) is 12.6. The average molecular weight is 829 g/mol. The molecule has 1 aromatic heterocycles. The molecule has 1 aliphatic heterocycles. The van der Waals surface area contributed by atoms with Crippen LogP contribution in [0.3, 0.4) is 0 Å². The lowest BCUT2D eigenvalue weighted by Crippen LogP contribution is -2.39. The number of hydrogen-bond donors (Lipinski definition) is 0. The van der Waals surface area contributed by atoms with Crippen molar-refractivity contribution >= 4 is 61.1 Å². The van der Waals surface area contributed by atoms with E-state index in [1.165, 1.54) is 94.2 Å². The number of nitrogens with zero attached hydrogens (tertiary/aromatic N) is 2. The molecule has 3 nitrogen and oxygen atoms in total. The maximum atomic E-state index is 6.88. The van der Waals surface area contributed by atoms with Crippen LogP contribution >= 0.6 is 0 Å². The van der Waals surface area contributed by atoms with Gasteiger partial charge < -0.3 is 14.2 Å². The number of furan rings is 1. The fourth-order valence-corrected chi connectivity index (χ4v) is 12.6. The van der Waals surface area contributed by atoms with Crippen LogP contribution in [0, 0.1) is 0 Å². The first-order chi connectivity index (χ1) is 32.0. The molecule has 10 aromatic carbocycles. The summed E-state index contributed by atoms with van der Waals surface area (Å²) in [7, 11) is 0. The van der Waals surface area contributed by atoms with Gasteiger partial charge in [0.2, 0.25) is 0 Å². The van der Waals surface area contributed by atoms with Gasteiger partial charge in [-0.15, -0.1) is 0 Å². The summed E-state index contributed by atoms with van der Waals surface area (Å²) in [5, 5.41) is 4.92. The first-order valence-electron chi connectivity index (χ1n) is 22.8. The van der Waals surface area contributed by atoms with Crippen molar-refractivity contribution in [2.75, 3.05) is 9.80 Å². The lowest BCUT2D eigenvalue weighted by Gasteiger charge is -2.39. The molecule has 1 spiro atoms. The molecular weight excluding hydrogens is 789 g/mol. The topological polar surface area (TPSA) is 19.6 Å². The average Bonchev–Trinajstić information content (AvgIpc) is 4.11. The van der Waals surface area contributed by atoms with E-state index >= 15 is 0 Å². The SMILES string of the molecule is CC1(C)c2ccccc2-c2cc(N(c3ccccc3)c3ccc(-c4cccc(N5c6cccc7ccc8c(c67)C56c5ccccc5-c5cc7c(oc9ccccc97)c-8c56)c4)cc3)ccc21. The fraction of sp³-hybridized carbons (Fsp3) is 0.0645. The van der Waals surface area contributed by atoms with Crippen LogP contribution in [-0.2, 0) is 11.0 Å². The minimum Gasteiger partial charge on any atom is -0.455 e. The number of hydrogen-bond acceptors (Lipinski definition) is 3. The minimum atomic E-state index is -0.558. The van der Waals surface area contributed by atoms with E-state index in [0.717, 1.165) is 39.3 Å². The minimum absolute atomic E-state index is 0.0455. The molecule has 1 atom stereocenters. The second kappa shape index (κ2) is 12.3. The van der Waals surface area contributed by atoms with Crippen LogP contribution in [0.15, 0.2) is 211 Å². The van der Waals surface area contributed by atoms with Crippen LogP contribution in [0.1, 0.15) is 41.7 Å². The highest BCUT2D eigenvalue weighted by molar-refractivity contribution is 6.21. The summed E-state index contributed by atoms with van der Waals surface area (Å²) in [4.78, 5) is 5.05. The van der Waals surface area contributed by atoms with Crippen LogP contribution in [0.2, 0.25) is 0 Å². The van der Waals surface area contributed by atoms with Gasteiger partial charge in [0.1, 0.15) is 16.7 Å². The van der Waals surface area contributed by atoms with E-state index in [0.29, 0.717) is 0 Å². The van der Waals surface area contributed by atoms with Crippen molar-refractivity contribution in [2.45, 2.75) is 24.8 Å². The number of benzene rings is 10. The molecule has 15 rings (SSSR count). The van der Waals surface area contributed by atoms with E-state index in [1.807, 2.05) is 0 Å². The smallest absolute Gasteiger partial charge is 0.143 e. The monoisotopic (exact) mass is 828 g/mol. The molecule has 11 aromatic rings. The predicted molar refractivity (Wildman–Crippen MR) is 268 cm³/mol. The van der Waals surface area contributed by atoms with Gasteiger partial charge in [0, 0.05) is 61.0 Å². The number of anilines is 5. The van der Waals surface area contributed by atoms with Gasteiger partial charge >= 0.3 is 0 Å². The molecule has 0 amide bonds. The van der Waals surface area contributed by atoms with Crippen LogP contribution < -0.4 is 9.80 Å². The Kier molecular flexibility index (Phi) is 6.69. The molecule has 65 heavy (non-hydrogen) atoms. The van der Waals surface area contributed by atoms with Crippen molar-refractivity contribution in [3.8, 4) is 44.5 Å². The van der Waals surface area contributed by atoms with Crippen molar-refractivity contribution in [2.24, 2.45) is 0 Å². The molecule has 2 heterocycles. The summed E-state index contributed by atoms with van der Waals surface area (Å²) in [5.41, 5.74) is 24.0. The van der Waals surface area contributed by atoms with Crippen molar-refractivity contribution < 1.29 is 4.42 Å². The maximum Gasteiger partial charge on any atom is 0.143 e. The Hall–Kier alpha value is -8.14. The lowest BCUT2D eigenvalue weighted by molar-refractivity contribution is 0.660. The first-order valence-corrected chi connectivity index (χ1v) is 22.8. The zero-order valence-electron chi connectivity index (χ0n) is 35.9. The maximum absolute atomic E-state index is 6.88. The summed E-state index contributed by atoms with van der Waals surface area (Å²) in [6.07, 6.45) is 0. The first kappa shape index (κ1) is 35.3. The third kappa shape index (κ3) is 4.36. The molecule has 3 heteroatoms. The van der Waals surface area contributed by atoms with Gasteiger partial charge in [-0.1, -0.05) is 153 Å². The van der Waals surface area contributed by atoms with E-state index in [-0.39, 0.29) is 5.41 Å². The van der Waals surface area contributed by atoms with E-state index < -0.39 is 5.54 Å². The van der Waals surface area contributed by atoms with E-state index in [2.05, 4.69) is 230 Å². The van der Waals surface area contributed by atoms with Crippen molar-refractivity contribution in [1.29, 1.82) is 0 Å². The van der Waals surface area contributed by atoms with Crippen LogP contribution in [0.25, 0.3) is 77.2 Å². The zero-order chi connectivity index (χ0) is 42.8. The standard InChI is InChI=1S/C62H40N2O/c1-61(2)51-22-9-6-19-44(51)48-35-42(31-33-52(48)61)63(40-16-4-3-5-17-40)41-29-26-37(27-30-41)39-15-12-18-43(34-39)64-54-24-13-14-38-28-32-47-57-59-49(36-50-46-21-8-11-25-55(46)65-60(50)57)45-20-7-10-23-53(45)62(59,64)58(47)56(38)54/h3-36H,1-2H3. The van der Waals surface area contributed by atoms with E-state index in [9.17, 15) is 0 Å². The van der Waals surface area contributed by atoms with Gasteiger partial charge in [0.15, 0.2) is 0 Å². The van der Waals surface area contributed by atoms with Gasteiger partial charge in [0.25, 0.3) is 0 Å². The summed E-state index contributed by atoms with van der Waals surface area (Å²) < 4.78 is 6.88. The predicted octanol–water partition coefficient (Wildman–Crippen LogP) is 16.6. The normalized spacial score (nSPS) is 16.3. The summed E-state index contributed by atoms with van der Waals surface area (Å²) in [6.45, 7) is 4.69. The van der Waals surface area contributed by atoms with Gasteiger partial charge in [0.05, 0.1) is 5.69 Å². The van der Waals surface area contributed by atoms with Crippen LogP contribution in [0.5, 0.6) is 0 Å². The third-order valence-corrected chi connectivity index (χ3v) is 15.3. The molecule has 4 aliphatic rings. The summed E-state index contributed by atoms with van der Waals surface area (Å²) in [5.74, 6) is 0. The molecule has 1 unspecified atom stereocenters. The molecule has 0 radical (unpaired) electrons. The molecular formula is C62H40N2O. The molecule has 0 saturated heterocycles. The third-order valence-electron chi connectivity index (χ3n) is 15.3. The van der Waals surface area contributed by atoms with Gasteiger partial charge in [-0.25, -0.2) is 0 Å². The van der Waals surface area contributed by atoms with Crippen molar-refractivity contribution in [1.82, 2.24) is 0 Å². The molecule has 0 bridgehead atoms. The van der Waals surface area contributed by atoms with Crippen LogP contribution in [-0.4, -0.2) is 0 Å². The summed E-state index contributed by atoms with van der Waals surface area (Å²) >= 11 is 0. The molecule has 304 valence electrons. The zero-order valence-corrected chi connectivity index (χ0v) is 35.9. The second-order valence-electron chi connectivity index (χ2n) is 18.8. The van der Waals surface area contributed by atoms with E-state index in [4.69, 9.17) is 4.42 Å². The Morgan fingerprint density at radius 3 is 2.02 bits per heavy atom. The molecule has 0 saturated carbocycles. The van der Waals surface area contributed by atoms with Crippen LogP contribution in [0.4, 0.5) is 28.4 Å². The largest absolute Gasteiger partial charge is 0.455 e. The van der Waals surface area contributed by atoms with E-state index in [1.54, 1.807) is 0 Å². The molecule has 0 fully saturated rings. The second-order valence-corrected chi connectivity index (χ2v) is 18.8. The Labute approximate surface area is 377 Å².